The van der Waals surface area contributed by atoms with E-state index >= 15 is 0 Å². The van der Waals surface area contributed by atoms with Crippen molar-refractivity contribution in [3.8, 4) is 0 Å². The SMILES string of the molecule is CCN1CC(O)C(N(C(=O)c2ccccc2)c2ccccc2)C1.O=C(O)C=CC(=O)O. The van der Waals surface area contributed by atoms with Crippen LogP contribution in [0.15, 0.2) is 72.8 Å². The van der Waals surface area contributed by atoms with Gasteiger partial charge in [-0.05, 0) is 30.8 Å². The number of nitrogens with zero attached hydrogens (tertiary/aromatic N) is 2. The number of hydrogen-bond acceptors (Lipinski definition) is 5. The first kappa shape index (κ1) is 23.8. The van der Waals surface area contributed by atoms with Gasteiger partial charge in [-0.15, -0.1) is 0 Å². The molecule has 164 valence electrons. The van der Waals surface area contributed by atoms with Gasteiger partial charge in [0.15, 0.2) is 0 Å². The molecule has 3 N–H and O–H groups in total. The van der Waals surface area contributed by atoms with Crippen LogP contribution in [0.25, 0.3) is 0 Å². The number of likely N-dealkylation sites (tertiary alicyclic amines) is 1. The monoisotopic (exact) mass is 426 g/mol. The van der Waals surface area contributed by atoms with Gasteiger partial charge in [0, 0.05) is 36.5 Å². The first-order valence-corrected chi connectivity index (χ1v) is 9.81. The van der Waals surface area contributed by atoms with E-state index in [-0.39, 0.29) is 11.9 Å². The Morgan fingerprint density at radius 3 is 1.90 bits per heavy atom. The van der Waals surface area contributed by atoms with Crippen molar-refractivity contribution in [2.24, 2.45) is 0 Å². The zero-order valence-electron chi connectivity index (χ0n) is 17.2. The summed E-state index contributed by atoms with van der Waals surface area (Å²) in [5.74, 6) is -2.58. The molecule has 2 aromatic carbocycles. The minimum atomic E-state index is -1.26. The highest BCUT2D eigenvalue weighted by Gasteiger charge is 2.38. The second-order valence-corrected chi connectivity index (χ2v) is 6.87. The highest BCUT2D eigenvalue weighted by molar-refractivity contribution is 6.06. The van der Waals surface area contributed by atoms with Crippen LogP contribution in [0.1, 0.15) is 17.3 Å². The number of aliphatic hydroxyl groups excluding tert-OH is 1. The number of carbonyl (C=O) groups excluding carboxylic acids is 1. The Bertz CT molecular complexity index is 885. The van der Waals surface area contributed by atoms with Crippen LogP contribution in [-0.2, 0) is 9.59 Å². The zero-order valence-corrected chi connectivity index (χ0v) is 17.2. The van der Waals surface area contributed by atoms with Crippen molar-refractivity contribution in [2.45, 2.75) is 19.1 Å². The van der Waals surface area contributed by atoms with Gasteiger partial charge in [0.25, 0.3) is 5.91 Å². The van der Waals surface area contributed by atoms with Gasteiger partial charge in [0.1, 0.15) is 0 Å². The summed E-state index contributed by atoms with van der Waals surface area (Å²) in [5, 5.41) is 26.1. The fourth-order valence-corrected chi connectivity index (χ4v) is 3.27. The molecule has 0 aliphatic carbocycles. The fourth-order valence-electron chi connectivity index (χ4n) is 3.27. The van der Waals surface area contributed by atoms with Crippen LogP contribution in [0.2, 0.25) is 0 Å². The quantitative estimate of drug-likeness (QED) is 0.606. The predicted molar refractivity (Wildman–Crippen MR) is 116 cm³/mol. The standard InChI is InChI=1S/C19H22N2O2.C4H4O4/c1-2-20-13-17(18(22)14-20)21(16-11-7-4-8-12-16)19(23)15-9-5-3-6-10-15;5-3(6)1-2-4(7)8/h3-12,17-18,22H,2,13-14H2,1H3;1-2H,(H,5,6)(H,7,8). The Morgan fingerprint density at radius 2 is 1.45 bits per heavy atom. The number of carboxylic acid groups (broad SMARTS) is 2. The number of benzene rings is 2. The molecule has 1 fully saturated rings. The van der Waals surface area contributed by atoms with Crippen molar-refractivity contribution >= 4 is 23.5 Å². The van der Waals surface area contributed by atoms with Crippen LogP contribution in [0.5, 0.6) is 0 Å². The molecule has 0 saturated carbocycles. The topological polar surface area (TPSA) is 118 Å². The lowest BCUT2D eigenvalue weighted by Crippen LogP contribution is -2.47. The van der Waals surface area contributed by atoms with Gasteiger partial charge in [-0.25, -0.2) is 9.59 Å². The van der Waals surface area contributed by atoms with Gasteiger partial charge < -0.3 is 20.2 Å². The van der Waals surface area contributed by atoms with E-state index in [9.17, 15) is 19.5 Å². The molecule has 31 heavy (non-hydrogen) atoms. The molecule has 3 rings (SSSR count). The van der Waals surface area contributed by atoms with E-state index in [0.717, 1.165) is 12.2 Å². The van der Waals surface area contributed by atoms with E-state index in [0.29, 0.717) is 30.8 Å². The molecular formula is C23H26N2O6. The van der Waals surface area contributed by atoms with E-state index in [2.05, 4.69) is 11.8 Å². The number of aliphatic hydroxyl groups is 1. The van der Waals surface area contributed by atoms with Crippen molar-refractivity contribution in [2.75, 3.05) is 24.5 Å². The van der Waals surface area contributed by atoms with Gasteiger partial charge >= 0.3 is 11.9 Å². The summed E-state index contributed by atoms with van der Waals surface area (Å²) in [6.45, 7) is 4.23. The minimum Gasteiger partial charge on any atom is -0.478 e. The number of amides is 1. The fraction of sp³-hybridized carbons (Fsp3) is 0.261. The number of β-amino-alcohol motifs (C(OH)–C–C–N with tert-alkyl or cyclic N) is 1. The van der Waals surface area contributed by atoms with Crippen LogP contribution in [0, 0.1) is 0 Å². The molecule has 1 aliphatic heterocycles. The number of hydrogen-bond donors (Lipinski definition) is 3. The smallest absolute Gasteiger partial charge is 0.328 e. The molecule has 0 spiro atoms. The van der Waals surface area contributed by atoms with Gasteiger partial charge in [0.2, 0.25) is 0 Å². The third kappa shape index (κ3) is 7.06. The number of rotatable bonds is 6. The summed E-state index contributed by atoms with van der Waals surface area (Å²) < 4.78 is 0. The Hall–Kier alpha value is -3.49. The van der Waals surface area contributed by atoms with E-state index in [1.54, 1.807) is 4.90 Å². The summed E-state index contributed by atoms with van der Waals surface area (Å²) in [4.78, 5) is 36.1. The Kier molecular flexibility index (Phi) is 8.93. The summed E-state index contributed by atoms with van der Waals surface area (Å²) in [6, 6.07) is 18.6. The summed E-state index contributed by atoms with van der Waals surface area (Å²) in [5.41, 5.74) is 1.46. The average molecular weight is 426 g/mol. The predicted octanol–water partition coefficient (Wildman–Crippen LogP) is 2.11. The zero-order chi connectivity index (χ0) is 22.8. The van der Waals surface area contributed by atoms with Crippen LogP contribution in [0.4, 0.5) is 5.69 Å². The molecule has 0 aromatic heterocycles. The molecule has 2 aromatic rings. The summed E-state index contributed by atoms with van der Waals surface area (Å²) in [6.07, 6.45) is 0.577. The molecule has 1 saturated heterocycles. The largest absolute Gasteiger partial charge is 0.478 e. The molecular weight excluding hydrogens is 400 g/mol. The Morgan fingerprint density at radius 1 is 0.935 bits per heavy atom. The number of para-hydroxylation sites is 1. The Balaban J connectivity index is 0.000000366. The lowest BCUT2D eigenvalue weighted by molar-refractivity contribution is -0.134. The first-order valence-electron chi connectivity index (χ1n) is 9.81. The first-order chi connectivity index (χ1) is 14.8. The van der Waals surface area contributed by atoms with Crippen LogP contribution in [-0.4, -0.2) is 69.8 Å². The highest BCUT2D eigenvalue weighted by Crippen LogP contribution is 2.25. The van der Waals surface area contributed by atoms with Gasteiger partial charge in [0.05, 0.1) is 12.1 Å². The number of carboxylic acids is 2. The number of likely N-dealkylation sites (N-methyl/N-ethyl adjacent to an activating group) is 1. The van der Waals surface area contributed by atoms with E-state index in [1.807, 2.05) is 60.7 Å². The van der Waals surface area contributed by atoms with Gasteiger partial charge in [-0.3, -0.25) is 9.69 Å². The van der Waals surface area contributed by atoms with Crippen molar-refractivity contribution in [3.05, 3.63) is 78.4 Å². The lowest BCUT2D eigenvalue weighted by Gasteiger charge is -2.31. The molecule has 1 aliphatic rings. The molecule has 2 unspecified atom stereocenters. The third-order valence-electron chi connectivity index (χ3n) is 4.76. The normalized spacial score (nSPS) is 18.3. The maximum absolute atomic E-state index is 13.1. The van der Waals surface area contributed by atoms with E-state index in [1.165, 1.54) is 0 Å². The third-order valence-corrected chi connectivity index (χ3v) is 4.76. The van der Waals surface area contributed by atoms with Crippen LogP contribution >= 0.6 is 0 Å². The van der Waals surface area contributed by atoms with Crippen molar-refractivity contribution in [1.82, 2.24) is 4.90 Å². The molecule has 1 amide bonds. The molecule has 0 radical (unpaired) electrons. The average Bonchev–Trinajstić information content (AvgIpc) is 3.14. The summed E-state index contributed by atoms with van der Waals surface area (Å²) in [7, 11) is 0. The Labute approximate surface area is 180 Å². The van der Waals surface area contributed by atoms with Gasteiger partial charge in [-0.1, -0.05) is 43.3 Å². The molecule has 8 nitrogen and oxygen atoms in total. The van der Waals surface area contributed by atoms with Crippen molar-refractivity contribution in [1.29, 1.82) is 0 Å². The van der Waals surface area contributed by atoms with E-state index in [4.69, 9.17) is 10.2 Å². The summed E-state index contributed by atoms with van der Waals surface area (Å²) >= 11 is 0. The van der Waals surface area contributed by atoms with Gasteiger partial charge in [-0.2, -0.15) is 0 Å². The lowest BCUT2D eigenvalue weighted by atomic mass is 10.1. The van der Waals surface area contributed by atoms with E-state index < -0.39 is 18.0 Å². The van der Waals surface area contributed by atoms with Crippen molar-refractivity contribution in [3.63, 3.8) is 0 Å². The second-order valence-electron chi connectivity index (χ2n) is 6.87. The molecule has 1 heterocycles. The highest BCUT2D eigenvalue weighted by atomic mass is 16.4. The molecule has 8 heteroatoms. The van der Waals surface area contributed by atoms with Crippen LogP contribution < -0.4 is 4.90 Å². The maximum atomic E-state index is 13.1. The number of aliphatic carboxylic acids is 2. The number of anilines is 1. The van der Waals surface area contributed by atoms with Crippen molar-refractivity contribution < 1.29 is 29.7 Å². The minimum absolute atomic E-state index is 0.0706. The maximum Gasteiger partial charge on any atom is 0.328 e. The van der Waals surface area contributed by atoms with Crippen LogP contribution in [0.3, 0.4) is 0 Å². The molecule has 2 atom stereocenters. The number of carbonyl (C=O) groups is 3. The second kappa shape index (κ2) is 11.6. The molecule has 0 bridgehead atoms.